The normalized spacial score (nSPS) is 11.5. The Bertz CT molecular complexity index is 1390. The number of aryl methyl sites for hydroxylation is 1. The van der Waals surface area contributed by atoms with Gasteiger partial charge in [-0.05, 0) is 48.4 Å². The van der Waals surface area contributed by atoms with Crippen molar-refractivity contribution in [2.45, 2.75) is 18.2 Å². The summed E-state index contributed by atoms with van der Waals surface area (Å²) in [6.45, 7) is 2.20. The maximum Gasteiger partial charge on any atom is 0.240 e. The summed E-state index contributed by atoms with van der Waals surface area (Å²) in [5.74, 6) is 1.96. The second-order valence-electron chi connectivity index (χ2n) is 7.28. The van der Waals surface area contributed by atoms with Crippen molar-refractivity contribution in [2.75, 3.05) is 27.4 Å². The first-order chi connectivity index (χ1) is 16.4. The molecule has 2 aromatic carbocycles. The van der Waals surface area contributed by atoms with E-state index >= 15 is 0 Å². The Morgan fingerprint density at radius 2 is 1.71 bits per heavy atom. The Kier molecular flexibility index (Phi) is 6.94. The van der Waals surface area contributed by atoms with Crippen LogP contribution >= 0.6 is 0 Å². The van der Waals surface area contributed by atoms with Crippen LogP contribution < -0.4 is 18.9 Å². The lowest BCUT2D eigenvalue weighted by Gasteiger charge is -2.10. The van der Waals surface area contributed by atoms with Crippen molar-refractivity contribution in [2.24, 2.45) is 0 Å². The van der Waals surface area contributed by atoms with Crippen LogP contribution in [0, 0.1) is 0 Å². The van der Waals surface area contributed by atoms with E-state index in [1.807, 2.05) is 13.0 Å². The molecular formula is C23H25N5O5S. The summed E-state index contributed by atoms with van der Waals surface area (Å²) in [6, 6.07) is 15.6. The molecule has 0 spiro atoms. The zero-order valence-corrected chi connectivity index (χ0v) is 19.9. The standard InChI is InChI=1S/C23H25N5O5S/c1-4-16-5-8-18(9-6-16)34(29,30)24-13-14-33-22-12-11-21-25-26-23(28(21)27-22)17-7-10-19(31-2)20(15-17)32-3/h5-12,15,24H,4,13-14H2,1-3H3. The number of methoxy groups -OCH3 is 2. The van der Waals surface area contributed by atoms with Crippen molar-refractivity contribution < 1.29 is 22.6 Å². The second-order valence-corrected chi connectivity index (χ2v) is 9.05. The van der Waals surface area contributed by atoms with E-state index in [-0.39, 0.29) is 18.0 Å². The molecule has 0 fully saturated rings. The molecule has 4 aromatic rings. The molecule has 0 unspecified atom stereocenters. The van der Waals surface area contributed by atoms with E-state index in [1.54, 1.807) is 67.3 Å². The van der Waals surface area contributed by atoms with Crippen molar-refractivity contribution in [1.82, 2.24) is 24.5 Å². The minimum absolute atomic E-state index is 0.0856. The lowest BCUT2D eigenvalue weighted by molar-refractivity contribution is 0.306. The summed E-state index contributed by atoms with van der Waals surface area (Å²) in [5.41, 5.74) is 2.34. The molecule has 1 N–H and O–H groups in total. The number of fused-ring (bicyclic) bond motifs is 1. The molecule has 2 heterocycles. The van der Waals surface area contributed by atoms with E-state index in [9.17, 15) is 8.42 Å². The third kappa shape index (κ3) is 4.95. The fourth-order valence-corrected chi connectivity index (χ4v) is 4.34. The molecule has 0 saturated heterocycles. The highest BCUT2D eigenvalue weighted by atomic mass is 32.2. The van der Waals surface area contributed by atoms with Crippen molar-refractivity contribution >= 4 is 15.7 Å². The van der Waals surface area contributed by atoms with Gasteiger partial charge in [-0.15, -0.1) is 15.3 Å². The average Bonchev–Trinajstić information content (AvgIpc) is 3.29. The maximum absolute atomic E-state index is 12.5. The van der Waals surface area contributed by atoms with Gasteiger partial charge in [0.15, 0.2) is 23.0 Å². The number of rotatable bonds is 10. The first-order valence-electron chi connectivity index (χ1n) is 10.6. The van der Waals surface area contributed by atoms with Crippen LogP contribution in [-0.4, -0.2) is 55.6 Å². The topological polar surface area (TPSA) is 117 Å². The quantitative estimate of drug-likeness (QED) is 0.342. The fourth-order valence-electron chi connectivity index (χ4n) is 3.32. The van der Waals surface area contributed by atoms with Crippen LogP contribution in [0.25, 0.3) is 17.0 Å². The third-order valence-electron chi connectivity index (χ3n) is 5.17. The molecule has 0 radical (unpaired) electrons. The minimum Gasteiger partial charge on any atom is -0.493 e. The Balaban J connectivity index is 1.44. The second kappa shape index (κ2) is 10.1. The van der Waals surface area contributed by atoms with Crippen LogP contribution in [0.15, 0.2) is 59.5 Å². The van der Waals surface area contributed by atoms with Gasteiger partial charge in [-0.1, -0.05) is 19.1 Å². The molecule has 2 aromatic heterocycles. The van der Waals surface area contributed by atoms with Crippen LogP contribution in [0.1, 0.15) is 12.5 Å². The van der Waals surface area contributed by atoms with Gasteiger partial charge in [-0.2, -0.15) is 4.52 Å². The molecule has 34 heavy (non-hydrogen) atoms. The third-order valence-corrected chi connectivity index (χ3v) is 6.64. The molecule has 11 heteroatoms. The van der Waals surface area contributed by atoms with Crippen molar-refractivity contribution in [3.8, 4) is 28.8 Å². The van der Waals surface area contributed by atoms with Crippen LogP contribution in [0.4, 0.5) is 0 Å². The lowest BCUT2D eigenvalue weighted by Crippen LogP contribution is -2.28. The van der Waals surface area contributed by atoms with E-state index < -0.39 is 10.0 Å². The predicted molar refractivity (Wildman–Crippen MR) is 126 cm³/mol. The van der Waals surface area contributed by atoms with Crippen LogP contribution in [0.2, 0.25) is 0 Å². The number of hydrogen-bond donors (Lipinski definition) is 1. The summed E-state index contributed by atoms with van der Waals surface area (Å²) < 4.78 is 45.3. The first kappa shape index (κ1) is 23.5. The van der Waals surface area contributed by atoms with E-state index in [1.165, 1.54) is 0 Å². The maximum atomic E-state index is 12.5. The van der Waals surface area contributed by atoms with Gasteiger partial charge in [0.2, 0.25) is 15.9 Å². The van der Waals surface area contributed by atoms with Gasteiger partial charge in [-0.3, -0.25) is 0 Å². The van der Waals surface area contributed by atoms with Crippen LogP contribution in [-0.2, 0) is 16.4 Å². The monoisotopic (exact) mass is 483 g/mol. The van der Waals surface area contributed by atoms with Crippen LogP contribution in [0.3, 0.4) is 0 Å². The molecule has 4 rings (SSSR count). The van der Waals surface area contributed by atoms with Gasteiger partial charge in [0.05, 0.1) is 19.1 Å². The Hall–Kier alpha value is -3.70. The minimum atomic E-state index is -3.62. The highest BCUT2D eigenvalue weighted by Gasteiger charge is 2.15. The van der Waals surface area contributed by atoms with E-state index in [0.29, 0.717) is 28.9 Å². The highest BCUT2D eigenvalue weighted by Crippen LogP contribution is 2.31. The van der Waals surface area contributed by atoms with E-state index in [4.69, 9.17) is 14.2 Å². The summed E-state index contributed by atoms with van der Waals surface area (Å²) in [6.07, 6.45) is 0.846. The molecule has 10 nitrogen and oxygen atoms in total. The van der Waals surface area contributed by atoms with Crippen molar-refractivity contribution in [3.05, 3.63) is 60.2 Å². The molecule has 0 amide bonds. The summed E-state index contributed by atoms with van der Waals surface area (Å²) in [4.78, 5) is 0.216. The van der Waals surface area contributed by atoms with Crippen molar-refractivity contribution in [1.29, 1.82) is 0 Å². The van der Waals surface area contributed by atoms with E-state index in [2.05, 4.69) is 20.0 Å². The average molecular weight is 484 g/mol. The molecule has 0 bridgehead atoms. The van der Waals surface area contributed by atoms with Gasteiger partial charge in [-0.25, -0.2) is 13.1 Å². The molecule has 0 aliphatic carbocycles. The Morgan fingerprint density at radius 3 is 2.41 bits per heavy atom. The predicted octanol–water partition coefficient (Wildman–Crippen LogP) is 2.73. The van der Waals surface area contributed by atoms with Crippen molar-refractivity contribution in [3.63, 3.8) is 0 Å². The highest BCUT2D eigenvalue weighted by molar-refractivity contribution is 7.89. The number of aromatic nitrogens is 4. The van der Waals surface area contributed by atoms with Gasteiger partial charge >= 0.3 is 0 Å². The molecule has 0 aliphatic heterocycles. The lowest BCUT2D eigenvalue weighted by atomic mass is 10.2. The Labute approximate surface area is 197 Å². The number of hydrogen-bond acceptors (Lipinski definition) is 8. The molecule has 178 valence electrons. The largest absolute Gasteiger partial charge is 0.493 e. The zero-order chi connectivity index (χ0) is 24.1. The number of nitrogens with one attached hydrogen (secondary N) is 1. The van der Waals surface area contributed by atoms with Gasteiger partial charge < -0.3 is 14.2 Å². The SMILES string of the molecule is CCc1ccc(S(=O)(=O)NCCOc2ccc3nnc(-c4ccc(OC)c(OC)c4)n3n2)cc1. The van der Waals surface area contributed by atoms with Gasteiger partial charge in [0, 0.05) is 18.2 Å². The van der Waals surface area contributed by atoms with Crippen LogP contribution in [0.5, 0.6) is 17.4 Å². The zero-order valence-electron chi connectivity index (χ0n) is 19.1. The number of benzene rings is 2. The molecule has 0 saturated carbocycles. The summed E-state index contributed by atoms with van der Waals surface area (Å²) in [7, 11) is -0.494. The van der Waals surface area contributed by atoms with E-state index in [0.717, 1.165) is 17.5 Å². The first-order valence-corrected chi connectivity index (χ1v) is 12.1. The van der Waals surface area contributed by atoms with Gasteiger partial charge in [0.25, 0.3) is 0 Å². The number of sulfonamides is 1. The number of nitrogens with zero attached hydrogens (tertiary/aromatic N) is 4. The van der Waals surface area contributed by atoms with Gasteiger partial charge in [0.1, 0.15) is 6.61 Å². The molecule has 0 aliphatic rings. The summed E-state index contributed by atoms with van der Waals surface area (Å²) in [5, 5.41) is 12.8. The molecule has 0 atom stereocenters. The fraction of sp³-hybridized carbons (Fsp3) is 0.261. The Morgan fingerprint density at radius 1 is 0.941 bits per heavy atom. The number of ether oxygens (including phenoxy) is 3. The smallest absolute Gasteiger partial charge is 0.240 e. The summed E-state index contributed by atoms with van der Waals surface area (Å²) >= 11 is 0. The molecular weight excluding hydrogens is 458 g/mol.